The summed E-state index contributed by atoms with van der Waals surface area (Å²) < 4.78 is 26.7. The molecule has 7 rings (SSSR count). The van der Waals surface area contributed by atoms with E-state index in [0.717, 1.165) is 29.7 Å². The van der Waals surface area contributed by atoms with E-state index in [-0.39, 0.29) is 29.7 Å². The molecule has 14 heteroatoms. The Bertz CT molecular complexity index is 2300. The standard InChI is InChI=1S/C47H58N8O5Si/c1-7-17-35(33-60-61(47(2,3)4,37-20-13-9-14-21-37)38-22-15-10-16-23-38)49-44-43-40(50-45(48)51-44)31-55(52-43)30-39-41(57-5)28-36(29-42(39)58-6)53-24-26-54(27-25-53)46(56)59-32-34-18-11-8-12-19-34/h8-16,18-23,28-29,31,35H,7,17,24-27,30,32-33H2,1-6H3,(H3,48,49,50,51)/t35-/m0/s1. The van der Waals surface area contributed by atoms with Crippen molar-refractivity contribution >= 4 is 53.3 Å². The van der Waals surface area contributed by atoms with Gasteiger partial charge >= 0.3 is 6.09 Å². The number of piperazine rings is 1. The van der Waals surface area contributed by atoms with Gasteiger partial charge in [-0.25, -0.2) is 9.78 Å². The van der Waals surface area contributed by atoms with Crippen LogP contribution in [-0.4, -0.2) is 92.1 Å². The van der Waals surface area contributed by atoms with E-state index in [4.69, 9.17) is 29.5 Å². The van der Waals surface area contributed by atoms with Gasteiger partial charge in [0.15, 0.2) is 11.3 Å². The van der Waals surface area contributed by atoms with Gasteiger partial charge in [0.1, 0.15) is 23.6 Å². The Hall–Kier alpha value is -6.12. The number of nitrogens with two attached hydrogens (primary N) is 1. The first-order valence-corrected chi connectivity index (χ1v) is 22.9. The summed E-state index contributed by atoms with van der Waals surface area (Å²) in [4.78, 5) is 26.0. The minimum absolute atomic E-state index is 0.0798. The van der Waals surface area contributed by atoms with Gasteiger partial charge in [-0.15, -0.1) is 0 Å². The molecule has 6 aromatic rings. The molecule has 13 nitrogen and oxygen atoms in total. The zero-order chi connectivity index (χ0) is 43.0. The van der Waals surface area contributed by atoms with Crippen molar-refractivity contribution in [3.05, 3.63) is 120 Å². The van der Waals surface area contributed by atoms with Crippen molar-refractivity contribution in [1.82, 2.24) is 24.6 Å². The van der Waals surface area contributed by atoms with E-state index in [1.54, 1.807) is 19.1 Å². The van der Waals surface area contributed by atoms with Crippen molar-refractivity contribution in [3.8, 4) is 11.5 Å². The molecule has 1 aliphatic heterocycles. The lowest BCUT2D eigenvalue weighted by molar-refractivity contribution is 0.0942. The van der Waals surface area contributed by atoms with E-state index in [2.05, 4.69) is 109 Å². The number of anilines is 3. The van der Waals surface area contributed by atoms with Crippen molar-refractivity contribution in [3.63, 3.8) is 0 Å². The summed E-state index contributed by atoms with van der Waals surface area (Å²) in [6.07, 6.45) is 3.34. The Labute approximate surface area is 359 Å². The second-order valence-electron chi connectivity index (χ2n) is 16.4. The monoisotopic (exact) mass is 842 g/mol. The van der Waals surface area contributed by atoms with Gasteiger partial charge in [0.2, 0.25) is 5.95 Å². The maximum absolute atomic E-state index is 12.8. The Morgan fingerprint density at radius 2 is 1.44 bits per heavy atom. The van der Waals surface area contributed by atoms with Gasteiger partial charge in [0.25, 0.3) is 8.32 Å². The minimum Gasteiger partial charge on any atom is -0.496 e. The summed E-state index contributed by atoms with van der Waals surface area (Å²) in [5, 5.41) is 11.0. The molecular formula is C47H58N8O5Si. The number of nitrogens with zero attached hydrogens (tertiary/aromatic N) is 6. The van der Waals surface area contributed by atoms with Gasteiger partial charge in [0.05, 0.1) is 39.1 Å². The fourth-order valence-electron chi connectivity index (χ4n) is 8.31. The first-order valence-electron chi connectivity index (χ1n) is 21.0. The number of nitrogens with one attached hydrogen (secondary N) is 1. The predicted molar refractivity (Wildman–Crippen MR) is 245 cm³/mol. The van der Waals surface area contributed by atoms with Crippen LogP contribution >= 0.6 is 0 Å². The maximum atomic E-state index is 12.8. The molecule has 1 amide bonds. The number of aromatic nitrogens is 4. The molecule has 61 heavy (non-hydrogen) atoms. The largest absolute Gasteiger partial charge is 0.496 e. The van der Waals surface area contributed by atoms with Crippen LogP contribution in [0.3, 0.4) is 0 Å². The number of rotatable bonds is 16. The smallest absolute Gasteiger partial charge is 0.410 e. The molecule has 1 saturated heterocycles. The lowest BCUT2D eigenvalue weighted by atomic mass is 10.1. The van der Waals surface area contributed by atoms with Gasteiger partial charge in [-0.3, -0.25) is 4.68 Å². The lowest BCUT2D eigenvalue weighted by Crippen LogP contribution is -2.67. The number of fused-ring (bicyclic) bond motifs is 1. The molecule has 1 atom stereocenters. The fraction of sp³-hybridized carbons (Fsp3) is 0.362. The topological polar surface area (TPSA) is 142 Å². The van der Waals surface area contributed by atoms with Crippen LogP contribution in [0.1, 0.15) is 51.7 Å². The van der Waals surface area contributed by atoms with E-state index >= 15 is 0 Å². The Morgan fingerprint density at radius 1 is 0.852 bits per heavy atom. The van der Waals surface area contributed by atoms with Crippen molar-refractivity contribution in [2.24, 2.45) is 0 Å². The molecule has 0 bridgehead atoms. The molecule has 0 aliphatic carbocycles. The Kier molecular flexibility index (Phi) is 13.4. The molecule has 1 fully saturated rings. The normalized spacial score (nSPS) is 13.9. The van der Waals surface area contributed by atoms with Crippen molar-refractivity contribution in [1.29, 1.82) is 0 Å². The molecule has 0 unspecified atom stereocenters. The Balaban J connectivity index is 1.09. The van der Waals surface area contributed by atoms with Crippen LogP contribution in [0.15, 0.2) is 109 Å². The van der Waals surface area contributed by atoms with E-state index in [9.17, 15) is 4.79 Å². The van der Waals surface area contributed by atoms with Gasteiger partial charge in [-0.1, -0.05) is 125 Å². The summed E-state index contributed by atoms with van der Waals surface area (Å²) >= 11 is 0. The lowest BCUT2D eigenvalue weighted by Gasteiger charge is -2.43. The van der Waals surface area contributed by atoms with Crippen LogP contribution in [0.4, 0.5) is 22.2 Å². The minimum atomic E-state index is -2.78. The highest BCUT2D eigenvalue weighted by atomic mass is 28.4. The first kappa shape index (κ1) is 43.0. The molecule has 1 aliphatic rings. The summed E-state index contributed by atoms with van der Waals surface area (Å²) in [5.74, 6) is 2.03. The van der Waals surface area contributed by atoms with E-state index in [0.29, 0.717) is 67.7 Å². The van der Waals surface area contributed by atoms with Crippen LogP contribution in [0, 0.1) is 0 Å². The zero-order valence-electron chi connectivity index (χ0n) is 36.1. The van der Waals surface area contributed by atoms with E-state index in [1.165, 1.54) is 10.4 Å². The molecule has 0 spiro atoms. The number of benzene rings is 4. The average Bonchev–Trinajstić information content (AvgIpc) is 3.69. The number of hydrogen-bond acceptors (Lipinski definition) is 11. The summed E-state index contributed by atoms with van der Waals surface area (Å²) in [6.45, 7) is 12.4. The van der Waals surface area contributed by atoms with E-state index < -0.39 is 8.32 Å². The number of methoxy groups -OCH3 is 2. The van der Waals surface area contributed by atoms with Crippen LogP contribution in [-0.2, 0) is 22.3 Å². The molecule has 0 radical (unpaired) electrons. The SMILES string of the molecule is CCC[C@@H](CO[Si](c1ccccc1)(c1ccccc1)C(C)(C)C)Nc1nc(N)nc2cn(Cc3c(OC)cc(N4CCN(C(=O)OCc5ccccc5)CC4)cc3OC)nc12. The van der Waals surface area contributed by atoms with Crippen LogP contribution in [0.5, 0.6) is 11.5 Å². The van der Waals surface area contributed by atoms with E-state index in [1.807, 2.05) is 53.3 Å². The third kappa shape index (κ3) is 9.60. The molecule has 4 aromatic carbocycles. The molecule has 0 saturated carbocycles. The van der Waals surface area contributed by atoms with Crippen molar-refractivity contribution in [2.75, 3.05) is 63.0 Å². The number of carbonyl (C=O) groups excluding carboxylic acids is 1. The third-order valence-corrected chi connectivity index (χ3v) is 16.3. The van der Waals surface area contributed by atoms with Crippen LogP contribution < -0.4 is 35.8 Å². The first-order chi connectivity index (χ1) is 29.5. The zero-order valence-corrected chi connectivity index (χ0v) is 37.1. The Morgan fingerprint density at radius 3 is 2.00 bits per heavy atom. The highest BCUT2D eigenvalue weighted by Gasteiger charge is 2.50. The number of amides is 1. The highest BCUT2D eigenvalue weighted by Crippen LogP contribution is 2.38. The van der Waals surface area contributed by atoms with Gasteiger partial charge in [0, 0.05) is 50.0 Å². The molecule has 2 aromatic heterocycles. The quantitative estimate of drug-likeness (QED) is 0.0966. The highest BCUT2D eigenvalue weighted by molar-refractivity contribution is 6.99. The molecule has 3 heterocycles. The number of carbonyl (C=O) groups is 1. The molecular weight excluding hydrogens is 785 g/mol. The van der Waals surface area contributed by atoms with Gasteiger partial charge in [-0.05, 0) is 27.4 Å². The third-order valence-electron chi connectivity index (χ3n) is 11.3. The van der Waals surface area contributed by atoms with Gasteiger partial charge < -0.3 is 39.5 Å². The molecule has 320 valence electrons. The number of hydrogen-bond donors (Lipinski definition) is 2. The average molecular weight is 843 g/mol. The maximum Gasteiger partial charge on any atom is 0.410 e. The summed E-state index contributed by atoms with van der Waals surface area (Å²) in [7, 11) is 0.522. The fourth-order valence-corrected chi connectivity index (χ4v) is 12.9. The van der Waals surface area contributed by atoms with Crippen LogP contribution in [0.2, 0.25) is 5.04 Å². The van der Waals surface area contributed by atoms with Crippen LogP contribution in [0.25, 0.3) is 11.0 Å². The summed E-state index contributed by atoms with van der Waals surface area (Å²) in [5.41, 5.74) is 10.3. The predicted octanol–water partition coefficient (Wildman–Crippen LogP) is 7.09. The van der Waals surface area contributed by atoms with Gasteiger partial charge in [-0.2, -0.15) is 10.1 Å². The molecule has 3 N–H and O–H groups in total. The van der Waals surface area contributed by atoms with Crippen molar-refractivity contribution < 1.29 is 23.4 Å². The van der Waals surface area contributed by atoms with Crippen molar-refractivity contribution in [2.45, 2.75) is 64.8 Å². The second-order valence-corrected chi connectivity index (χ2v) is 20.7. The second kappa shape index (κ2) is 19.1. The summed E-state index contributed by atoms with van der Waals surface area (Å²) in [6, 6.07) is 35.0. The number of ether oxygens (including phenoxy) is 3. The number of nitrogen functional groups attached to an aromatic ring is 1.